The summed E-state index contributed by atoms with van der Waals surface area (Å²) in [6, 6.07) is 3.34. The van der Waals surface area contributed by atoms with E-state index in [1.807, 2.05) is 9.80 Å². The Morgan fingerprint density at radius 3 is 2.54 bits per heavy atom. The summed E-state index contributed by atoms with van der Waals surface area (Å²) < 4.78 is 26.9. The summed E-state index contributed by atoms with van der Waals surface area (Å²) >= 11 is 0. The second-order valence-electron chi connectivity index (χ2n) is 7.93. The molecule has 140 valence electrons. The van der Waals surface area contributed by atoms with E-state index in [9.17, 15) is 18.4 Å². The zero-order chi connectivity index (χ0) is 18.3. The molecular weight excluding hydrogens is 338 g/mol. The lowest BCUT2D eigenvalue weighted by Crippen LogP contribution is -2.48. The zero-order valence-corrected chi connectivity index (χ0v) is 14.8. The van der Waals surface area contributed by atoms with Crippen LogP contribution in [0.15, 0.2) is 18.2 Å². The third kappa shape index (κ3) is 3.33. The Balaban J connectivity index is 1.45. The number of fused-ring (bicyclic) bond motifs is 4. The van der Waals surface area contributed by atoms with E-state index >= 15 is 0 Å². The van der Waals surface area contributed by atoms with Crippen LogP contribution in [0.5, 0.6) is 0 Å². The molecule has 2 amide bonds. The summed E-state index contributed by atoms with van der Waals surface area (Å²) in [4.78, 5) is 29.2. The molecule has 5 rings (SSSR count). The summed E-state index contributed by atoms with van der Waals surface area (Å²) in [7, 11) is 0. The SMILES string of the molecule is O=C(C1CCC1)N1C[C@H]2CC[C@@H](C1)N(C(=O)Cc1ccc(F)cc1F)C2. The topological polar surface area (TPSA) is 40.6 Å². The monoisotopic (exact) mass is 362 g/mol. The molecule has 0 N–H and O–H groups in total. The summed E-state index contributed by atoms with van der Waals surface area (Å²) in [5.41, 5.74) is 0.221. The highest BCUT2D eigenvalue weighted by Crippen LogP contribution is 2.33. The third-order valence-electron chi connectivity index (χ3n) is 6.16. The standard InChI is InChI=1S/C20H24F2N2O2/c21-16-6-5-15(18(22)9-16)8-19(25)24-11-13-4-7-17(24)12-23(10-13)20(26)14-2-1-3-14/h5-6,9,13-14,17H,1-4,7-8,10-12H2/t13-,17+/m1/s1. The zero-order valence-electron chi connectivity index (χ0n) is 14.8. The van der Waals surface area contributed by atoms with Gasteiger partial charge in [-0.2, -0.15) is 0 Å². The van der Waals surface area contributed by atoms with Crippen LogP contribution in [0.1, 0.15) is 37.7 Å². The molecular formula is C20H24F2N2O2. The van der Waals surface area contributed by atoms with Crippen molar-refractivity contribution in [1.29, 1.82) is 0 Å². The normalized spacial score (nSPS) is 25.8. The molecule has 4 aliphatic rings. The van der Waals surface area contributed by atoms with Crippen LogP contribution in [0, 0.1) is 23.5 Å². The van der Waals surface area contributed by atoms with Gasteiger partial charge in [0.15, 0.2) is 0 Å². The van der Waals surface area contributed by atoms with Crippen molar-refractivity contribution < 1.29 is 18.4 Å². The Kier molecular flexibility index (Phi) is 4.67. The fourth-order valence-corrected chi connectivity index (χ4v) is 4.41. The van der Waals surface area contributed by atoms with Crippen molar-refractivity contribution in [3.05, 3.63) is 35.4 Å². The van der Waals surface area contributed by atoms with E-state index in [0.717, 1.165) is 44.7 Å². The van der Waals surface area contributed by atoms with Gasteiger partial charge in [0.25, 0.3) is 0 Å². The fourth-order valence-electron chi connectivity index (χ4n) is 4.41. The maximum atomic E-state index is 13.9. The number of benzene rings is 1. The molecule has 3 aliphatic heterocycles. The molecule has 1 aliphatic carbocycles. The first-order chi connectivity index (χ1) is 12.5. The average Bonchev–Trinajstić information content (AvgIpc) is 2.87. The molecule has 0 unspecified atom stereocenters. The van der Waals surface area contributed by atoms with Crippen molar-refractivity contribution in [2.45, 2.75) is 44.6 Å². The molecule has 0 spiro atoms. The van der Waals surface area contributed by atoms with Crippen LogP contribution in [-0.2, 0) is 16.0 Å². The van der Waals surface area contributed by atoms with Crippen LogP contribution < -0.4 is 0 Å². The van der Waals surface area contributed by atoms with Crippen molar-refractivity contribution in [3.63, 3.8) is 0 Å². The van der Waals surface area contributed by atoms with Gasteiger partial charge in [-0.25, -0.2) is 8.78 Å². The van der Waals surface area contributed by atoms with Crippen molar-refractivity contribution >= 4 is 11.8 Å². The van der Waals surface area contributed by atoms with Gasteiger partial charge in [0.1, 0.15) is 11.6 Å². The number of hydrogen-bond acceptors (Lipinski definition) is 2. The number of carbonyl (C=O) groups excluding carboxylic acids is 2. The number of amides is 2. The fraction of sp³-hybridized carbons (Fsp3) is 0.600. The van der Waals surface area contributed by atoms with Crippen molar-refractivity contribution in [2.24, 2.45) is 11.8 Å². The van der Waals surface area contributed by atoms with Crippen LogP contribution in [-0.4, -0.2) is 47.3 Å². The summed E-state index contributed by atoms with van der Waals surface area (Å²) in [5, 5.41) is 0. The van der Waals surface area contributed by atoms with Crippen LogP contribution in [0.2, 0.25) is 0 Å². The number of hydrogen-bond donors (Lipinski definition) is 0. The predicted molar refractivity (Wildman–Crippen MR) is 92.2 cm³/mol. The van der Waals surface area contributed by atoms with Gasteiger partial charge in [0.2, 0.25) is 11.8 Å². The number of nitrogens with zero attached hydrogens (tertiary/aromatic N) is 2. The van der Waals surface area contributed by atoms with E-state index in [-0.39, 0.29) is 35.8 Å². The van der Waals surface area contributed by atoms with E-state index in [4.69, 9.17) is 0 Å². The molecule has 4 nitrogen and oxygen atoms in total. The summed E-state index contributed by atoms with van der Waals surface area (Å²) in [6.45, 7) is 1.94. The van der Waals surface area contributed by atoms with E-state index in [0.29, 0.717) is 19.0 Å². The highest BCUT2D eigenvalue weighted by molar-refractivity contribution is 5.81. The Morgan fingerprint density at radius 2 is 1.85 bits per heavy atom. The van der Waals surface area contributed by atoms with Gasteiger partial charge >= 0.3 is 0 Å². The van der Waals surface area contributed by atoms with Crippen LogP contribution >= 0.6 is 0 Å². The Bertz CT molecular complexity index is 720. The van der Waals surface area contributed by atoms with Crippen LogP contribution in [0.25, 0.3) is 0 Å². The Morgan fingerprint density at radius 1 is 1.04 bits per heavy atom. The molecule has 26 heavy (non-hydrogen) atoms. The minimum absolute atomic E-state index is 0.00814. The molecule has 4 fully saturated rings. The maximum absolute atomic E-state index is 13.9. The Hall–Kier alpha value is -1.98. The van der Waals surface area contributed by atoms with E-state index in [1.165, 1.54) is 12.1 Å². The van der Waals surface area contributed by atoms with Crippen molar-refractivity contribution in [2.75, 3.05) is 19.6 Å². The molecule has 2 bridgehead atoms. The first-order valence-electron chi connectivity index (χ1n) is 9.53. The van der Waals surface area contributed by atoms with Crippen molar-refractivity contribution in [3.8, 4) is 0 Å². The number of rotatable bonds is 3. The predicted octanol–water partition coefficient (Wildman–Crippen LogP) is 2.76. The number of piperidine rings is 1. The highest BCUT2D eigenvalue weighted by Gasteiger charge is 2.40. The molecule has 3 heterocycles. The smallest absolute Gasteiger partial charge is 0.227 e. The molecule has 3 saturated heterocycles. The summed E-state index contributed by atoms with van der Waals surface area (Å²) in [6.07, 6.45) is 4.94. The maximum Gasteiger partial charge on any atom is 0.227 e. The second-order valence-corrected chi connectivity index (χ2v) is 7.93. The molecule has 0 radical (unpaired) electrons. The highest BCUT2D eigenvalue weighted by atomic mass is 19.1. The van der Waals surface area contributed by atoms with Gasteiger partial charge in [0, 0.05) is 37.7 Å². The van der Waals surface area contributed by atoms with Gasteiger partial charge in [0.05, 0.1) is 6.42 Å². The first-order valence-corrected chi connectivity index (χ1v) is 9.53. The quantitative estimate of drug-likeness (QED) is 0.830. The average molecular weight is 362 g/mol. The molecule has 1 saturated carbocycles. The number of halogens is 2. The summed E-state index contributed by atoms with van der Waals surface area (Å²) in [5.74, 6) is -0.752. The van der Waals surface area contributed by atoms with Gasteiger partial charge in [-0.15, -0.1) is 0 Å². The van der Waals surface area contributed by atoms with Crippen LogP contribution in [0.3, 0.4) is 0 Å². The molecule has 0 aromatic heterocycles. The van der Waals surface area contributed by atoms with Gasteiger partial charge in [-0.1, -0.05) is 12.5 Å². The molecule has 1 aromatic carbocycles. The lowest BCUT2D eigenvalue weighted by Gasteiger charge is -2.36. The van der Waals surface area contributed by atoms with Crippen LogP contribution in [0.4, 0.5) is 8.78 Å². The lowest BCUT2D eigenvalue weighted by atomic mass is 9.84. The number of carbonyl (C=O) groups is 2. The van der Waals surface area contributed by atoms with E-state index in [1.54, 1.807) is 0 Å². The minimum atomic E-state index is -0.680. The second kappa shape index (κ2) is 6.97. The lowest BCUT2D eigenvalue weighted by molar-refractivity contribution is -0.139. The Labute approximate surface area is 152 Å². The molecule has 1 aromatic rings. The van der Waals surface area contributed by atoms with Gasteiger partial charge in [-0.05, 0) is 43.2 Å². The largest absolute Gasteiger partial charge is 0.340 e. The third-order valence-corrected chi connectivity index (χ3v) is 6.16. The first kappa shape index (κ1) is 17.4. The molecule has 2 atom stereocenters. The van der Waals surface area contributed by atoms with Crippen molar-refractivity contribution in [1.82, 2.24) is 9.80 Å². The molecule has 6 heteroatoms. The van der Waals surface area contributed by atoms with E-state index < -0.39 is 11.6 Å². The minimum Gasteiger partial charge on any atom is -0.340 e. The van der Waals surface area contributed by atoms with E-state index in [2.05, 4.69) is 0 Å². The van der Waals surface area contributed by atoms with Gasteiger partial charge < -0.3 is 9.80 Å². The van der Waals surface area contributed by atoms with Gasteiger partial charge in [-0.3, -0.25) is 9.59 Å².